The fraction of sp³-hybridized carbons (Fsp3) is 0.562. The number of hydrogen-bond acceptors (Lipinski definition) is 0. The predicted molar refractivity (Wildman–Crippen MR) is 147 cm³/mol. The highest BCUT2D eigenvalue weighted by Gasteiger charge is 2.44. The number of fused-ring (bicyclic) bond motifs is 2. The molecule has 0 saturated carbocycles. The van der Waals surface area contributed by atoms with Crippen molar-refractivity contribution >= 4 is 11.6 Å². The second kappa shape index (κ2) is 11.1. The fourth-order valence-corrected chi connectivity index (χ4v) is 6.50. The summed E-state index contributed by atoms with van der Waals surface area (Å²) in [5, 5.41) is 0.951. The van der Waals surface area contributed by atoms with Gasteiger partial charge in [0, 0.05) is 16.0 Å². The maximum absolute atomic E-state index is 6.20. The van der Waals surface area contributed by atoms with Gasteiger partial charge in [-0.1, -0.05) is 104 Å². The molecule has 0 N–H and O–H groups in total. The maximum Gasteiger partial charge on any atom is 0.0440 e. The van der Waals surface area contributed by atoms with E-state index in [1.807, 2.05) is 19.9 Å². The van der Waals surface area contributed by atoms with Gasteiger partial charge < -0.3 is 0 Å². The Hall–Kier alpha value is -1.71. The van der Waals surface area contributed by atoms with Crippen LogP contribution in [0.1, 0.15) is 103 Å². The van der Waals surface area contributed by atoms with Gasteiger partial charge in [0.05, 0.1) is 0 Å². The average Bonchev–Trinajstić information content (AvgIpc) is 3.37. The van der Waals surface area contributed by atoms with Crippen LogP contribution in [0.4, 0.5) is 0 Å². The molecular weight excluding hydrogens is 420 g/mol. The van der Waals surface area contributed by atoms with Crippen molar-refractivity contribution in [3.63, 3.8) is 0 Å². The zero-order valence-electron chi connectivity index (χ0n) is 22.5. The van der Waals surface area contributed by atoms with Gasteiger partial charge in [-0.15, -0.1) is 6.42 Å². The van der Waals surface area contributed by atoms with Crippen LogP contribution in [-0.4, -0.2) is 0 Å². The SMILES string of the molecule is C#Cc1cccc2c1CCC2(C(C)C)C(C)C.CC.CC(C)C1(C)CCc2c(Cl)cccc21. The summed E-state index contributed by atoms with van der Waals surface area (Å²) in [7, 11) is 0. The van der Waals surface area contributed by atoms with Gasteiger partial charge in [0.1, 0.15) is 0 Å². The summed E-state index contributed by atoms with van der Waals surface area (Å²) in [5.41, 5.74) is 7.55. The molecule has 0 amide bonds. The van der Waals surface area contributed by atoms with E-state index in [0.29, 0.717) is 28.6 Å². The summed E-state index contributed by atoms with van der Waals surface area (Å²) < 4.78 is 0. The highest BCUT2D eigenvalue weighted by atomic mass is 35.5. The molecule has 1 heteroatoms. The maximum atomic E-state index is 6.20. The third kappa shape index (κ3) is 4.91. The van der Waals surface area contributed by atoms with Crippen molar-refractivity contribution in [2.24, 2.45) is 17.8 Å². The lowest BCUT2D eigenvalue weighted by Gasteiger charge is -2.39. The van der Waals surface area contributed by atoms with Crippen molar-refractivity contribution in [1.29, 1.82) is 0 Å². The van der Waals surface area contributed by atoms with Crippen molar-refractivity contribution in [3.8, 4) is 12.3 Å². The molecule has 33 heavy (non-hydrogen) atoms. The molecule has 0 aliphatic heterocycles. The molecular formula is C32H45Cl. The first-order chi connectivity index (χ1) is 15.6. The van der Waals surface area contributed by atoms with Crippen LogP contribution < -0.4 is 0 Å². The predicted octanol–water partition coefficient (Wildman–Crippen LogP) is 9.39. The summed E-state index contributed by atoms with van der Waals surface area (Å²) in [6.45, 7) is 20.3. The molecule has 0 heterocycles. The fourth-order valence-electron chi connectivity index (χ4n) is 6.23. The second-order valence-electron chi connectivity index (χ2n) is 10.7. The Morgan fingerprint density at radius 3 is 1.88 bits per heavy atom. The molecule has 0 aromatic heterocycles. The molecule has 1 unspecified atom stereocenters. The van der Waals surface area contributed by atoms with E-state index in [2.05, 4.69) is 84.7 Å². The van der Waals surface area contributed by atoms with Crippen LogP contribution in [0.3, 0.4) is 0 Å². The molecule has 2 aromatic carbocycles. The van der Waals surface area contributed by atoms with Crippen molar-refractivity contribution in [2.75, 3.05) is 0 Å². The molecule has 0 saturated heterocycles. The van der Waals surface area contributed by atoms with Crippen LogP contribution in [0.25, 0.3) is 0 Å². The number of hydrogen-bond donors (Lipinski definition) is 0. The summed E-state index contributed by atoms with van der Waals surface area (Å²) in [5.74, 6) is 4.85. The third-order valence-corrected chi connectivity index (χ3v) is 8.94. The normalized spacial score (nSPS) is 19.9. The topological polar surface area (TPSA) is 0 Å². The highest BCUT2D eigenvalue weighted by molar-refractivity contribution is 6.31. The second-order valence-corrected chi connectivity index (χ2v) is 11.1. The van der Waals surface area contributed by atoms with Crippen LogP contribution in [0.5, 0.6) is 0 Å². The summed E-state index contributed by atoms with van der Waals surface area (Å²) in [6.07, 6.45) is 10.4. The minimum absolute atomic E-state index is 0.322. The Morgan fingerprint density at radius 1 is 0.788 bits per heavy atom. The monoisotopic (exact) mass is 464 g/mol. The molecule has 2 aliphatic rings. The van der Waals surface area contributed by atoms with E-state index in [1.54, 1.807) is 0 Å². The van der Waals surface area contributed by atoms with Crippen LogP contribution in [0.2, 0.25) is 5.02 Å². The standard InChI is InChI=1S/C17H22.C13H17Cl.C2H6/c1-6-14-8-7-9-16-15(14)10-11-17(16,12(2)3)13(4)5;1-9(2)13(3)8-7-10-11(13)5-4-6-12(10)14;1-2/h1,7-9,12-13H,10-11H2,2-5H3;4-6,9H,7-8H2,1-3H3;1-2H3. The quantitative estimate of drug-likeness (QED) is 0.396. The van der Waals surface area contributed by atoms with Gasteiger partial charge in [-0.2, -0.15) is 0 Å². The lowest BCUT2D eigenvalue weighted by molar-refractivity contribution is 0.218. The number of halogens is 1. The van der Waals surface area contributed by atoms with Crippen LogP contribution in [0.15, 0.2) is 36.4 Å². The van der Waals surface area contributed by atoms with Crippen molar-refractivity contribution in [3.05, 3.63) is 69.2 Å². The molecule has 2 aromatic rings. The van der Waals surface area contributed by atoms with E-state index in [-0.39, 0.29) is 0 Å². The number of rotatable bonds is 3. The van der Waals surface area contributed by atoms with Gasteiger partial charge in [0.25, 0.3) is 0 Å². The Morgan fingerprint density at radius 2 is 1.33 bits per heavy atom. The summed E-state index contributed by atoms with van der Waals surface area (Å²) >= 11 is 6.20. The minimum atomic E-state index is 0.322. The Labute approximate surface area is 209 Å². The molecule has 0 radical (unpaired) electrons. The van der Waals surface area contributed by atoms with Gasteiger partial charge in [-0.25, -0.2) is 0 Å². The van der Waals surface area contributed by atoms with Gasteiger partial charge in [-0.05, 0) is 83.2 Å². The third-order valence-electron chi connectivity index (χ3n) is 8.58. The van der Waals surface area contributed by atoms with E-state index in [0.717, 1.165) is 23.4 Å². The largest absolute Gasteiger partial charge is 0.115 e. The van der Waals surface area contributed by atoms with E-state index < -0.39 is 0 Å². The molecule has 0 fully saturated rings. The lowest BCUT2D eigenvalue weighted by atomic mass is 9.65. The molecule has 1 atom stereocenters. The van der Waals surface area contributed by atoms with Crippen molar-refractivity contribution in [2.45, 2.75) is 98.8 Å². The van der Waals surface area contributed by atoms with Gasteiger partial charge in [0.15, 0.2) is 0 Å². The first-order valence-corrected chi connectivity index (χ1v) is 13.3. The van der Waals surface area contributed by atoms with Crippen LogP contribution in [-0.2, 0) is 23.7 Å². The molecule has 180 valence electrons. The van der Waals surface area contributed by atoms with Gasteiger partial charge >= 0.3 is 0 Å². The molecule has 0 bridgehead atoms. The number of terminal acetylenes is 1. The average molecular weight is 465 g/mol. The summed E-state index contributed by atoms with van der Waals surface area (Å²) in [6, 6.07) is 12.8. The van der Waals surface area contributed by atoms with E-state index in [1.165, 1.54) is 35.1 Å². The van der Waals surface area contributed by atoms with Gasteiger partial charge in [-0.3, -0.25) is 0 Å². The molecule has 4 rings (SSSR count). The Balaban J connectivity index is 0.000000221. The zero-order valence-corrected chi connectivity index (χ0v) is 23.2. The zero-order chi connectivity index (χ0) is 25.0. The van der Waals surface area contributed by atoms with E-state index in [9.17, 15) is 0 Å². The summed E-state index contributed by atoms with van der Waals surface area (Å²) in [4.78, 5) is 0. The van der Waals surface area contributed by atoms with Crippen LogP contribution in [0, 0.1) is 30.1 Å². The first-order valence-electron chi connectivity index (χ1n) is 13.0. The molecule has 0 nitrogen and oxygen atoms in total. The molecule has 0 spiro atoms. The first kappa shape index (κ1) is 27.5. The lowest BCUT2D eigenvalue weighted by Crippen LogP contribution is -2.35. The Bertz CT molecular complexity index is 964. The number of benzene rings is 2. The molecule has 2 aliphatic carbocycles. The smallest absolute Gasteiger partial charge is 0.0440 e. The van der Waals surface area contributed by atoms with Crippen molar-refractivity contribution in [1.82, 2.24) is 0 Å². The Kier molecular flexibility index (Phi) is 9.30. The van der Waals surface area contributed by atoms with Crippen LogP contribution >= 0.6 is 11.6 Å². The highest BCUT2D eigenvalue weighted by Crippen LogP contribution is 2.50. The van der Waals surface area contributed by atoms with Gasteiger partial charge in [0.2, 0.25) is 0 Å². The van der Waals surface area contributed by atoms with Crippen molar-refractivity contribution < 1.29 is 0 Å². The minimum Gasteiger partial charge on any atom is -0.115 e. The van der Waals surface area contributed by atoms with E-state index in [4.69, 9.17) is 18.0 Å². The van der Waals surface area contributed by atoms with E-state index >= 15 is 0 Å².